The summed E-state index contributed by atoms with van der Waals surface area (Å²) < 4.78 is 7.64. The fraction of sp³-hybridized carbons (Fsp3) is 0.261. The Kier molecular flexibility index (Phi) is 5.90. The average Bonchev–Trinajstić information content (AvgIpc) is 3.12. The number of amides is 1. The molecule has 0 aliphatic carbocycles. The van der Waals surface area contributed by atoms with Crippen molar-refractivity contribution in [3.05, 3.63) is 60.2 Å². The minimum absolute atomic E-state index is 0.0137. The molecule has 1 saturated heterocycles. The first kappa shape index (κ1) is 20.9. The second-order valence-electron chi connectivity index (χ2n) is 7.62. The second kappa shape index (κ2) is 8.77. The minimum Gasteiger partial charge on any atom is -0.457 e. The molecule has 4 N–H and O–H groups in total. The lowest BCUT2D eigenvalue weighted by atomic mass is 10.1. The Morgan fingerprint density at radius 2 is 1.81 bits per heavy atom. The van der Waals surface area contributed by atoms with E-state index in [1.165, 1.54) is 0 Å². The molecule has 1 atom stereocenters. The molecule has 7 nitrogen and oxygen atoms in total. The van der Waals surface area contributed by atoms with Crippen LogP contribution in [0.15, 0.2) is 54.6 Å². The summed E-state index contributed by atoms with van der Waals surface area (Å²) >= 11 is 5.28. The average molecular weight is 436 g/mol. The van der Waals surface area contributed by atoms with Gasteiger partial charge in [0, 0.05) is 25.6 Å². The maximum atomic E-state index is 11.8. The summed E-state index contributed by atoms with van der Waals surface area (Å²) in [6, 6.07) is 17.1. The number of likely N-dealkylation sites (tertiary alicyclic amines) is 1. The van der Waals surface area contributed by atoms with E-state index >= 15 is 0 Å². The monoisotopic (exact) mass is 435 g/mol. The maximum Gasteiger partial charge on any atom is 0.219 e. The Labute approximate surface area is 186 Å². The highest BCUT2D eigenvalue weighted by molar-refractivity contribution is 7.80. The number of nitrogens with two attached hydrogens (primary N) is 2. The summed E-state index contributed by atoms with van der Waals surface area (Å²) in [5, 5.41) is 4.78. The Balaban J connectivity index is 1.64. The Morgan fingerprint density at radius 3 is 2.45 bits per heavy atom. The van der Waals surface area contributed by atoms with Crippen LogP contribution in [0.4, 0.5) is 5.82 Å². The zero-order chi connectivity index (χ0) is 22.0. The van der Waals surface area contributed by atoms with Crippen molar-refractivity contribution in [3.63, 3.8) is 0 Å². The van der Waals surface area contributed by atoms with Crippen molar-refractivity contribution in [2.45, 2.75) is 25.8 Å². The van der Waals surface area contributed by atoms with Gasteiger partial charge >= 0.3 is 0 Å². The Bertz CT molecular complexity index is 1100. The third kappa shape index (κ3) is 4.39. The predicted molar refractivity (Wildman–Crippen MR) is 125 cm³/mol. The number of hydrogen-bond acceptors (Lipinski definition) is 5. The lowest BCUT2D eigenvalue weighted by Gasteiger charge is -2.32. The highest BCUT2D eigenvalue weighted by Gasteiger charge is 2.28. The van der Waals surface area contributed by atoms with E-state index in [-0.39, 0.29) is 16.9 Å². The first-order valence-electron chi connectivity index (χ1n) is 10.2. The summed E-state index contributed by atoms with van der Waals surface area (Å²) in [6.45, 7) is 2.91. The summed E-state index contributed by atoms with van der Waals surface area (Å²) in [4.78, 5) is 13.9. The van der Waals surface area contributed by atoms with E-state index in [1.54, 1.807) is 11.6 Å². The molecule has 4 rings (SSSR count). The normalized spacial score (nSPS) is 16.2. The van der Waals surface area contributed by atoms with E-state index in [2.05, 4.69) is 0 Å². The standard InChI is InChI=1S/C23H25N5O2S/c1-15(29)27-13-5-6-17(14-27)28-22(24)20(23(25)31)21(26-28)16-9-11-19(12-10-16)30-18-7-3-2-4-8-18/h2-4,7-12,17H,5-6,13-14,24H2,1H3,(H2,25,31). The van der Waals surface area contributed by atoms with Crippen LogP contribution >= 0.6 is 12.2 Å². The van der Waals surface area contributed by atoms with Gasteiger partial charge in [0.1, 0.15) is 28.0 Å². The molecule has 8 heteroatoms. The van der Waals surface area contributed by atoms with Crippen LogP contribution in [-0.2, 0) is 4.79 Å². The van der Waals surface area contributed by atoms with Crippen molar-refractivity contribution >= 4 is 28.9 Å². The van der Waals surface area contributed by atoms with Gasteiger partial charge in [-0.2, -0.15) is 5.10 Å². The van der Waals surface area contributed by atoms with E-state index in [0.717, 1.165) is 30.7 Å². The highest BCUT2D eigenvalue weighted by Crippen LogP contribution is 2.33. The Morgan fingerprint density at radius 1 is 1.13 bits per heavy atom. The third-order valence-corrected chi connectivity index (χ3v) is 5.69. The topological polar surface area (TPSA) is 99.4 Å². The lowest BCUT2D eigenvalue weighted by Crippen LogP contribution is -2.40. The molecule has 0 radical (unpaired) electrons. The van der Waals surface area contributed by atoms with Crippen molar-refractivity contribution in [3.8, 4) is 22.8 Å². The molecule has 31 heavy (non-hydrogen) atoms. The molecule has 1 fully saturated rings. The Hall–Kier alpha value is -3.39. The van der Waals surface area contributed by atoms with Gasteiger partial charge in [-0.05, 0) is 49.2 Å². The number of para-hydroxylation sites is 1. The summed E-state index contributed by atoms with van der Waals surface area (Å²) in [5.74, 6) is 1.96. The van der Waals surface area contributed by atoms with Crippen LogP contribution in [0, 0.1) is 0 Å². The molecule has 2 aromatic carbocycles. The number of thiocarbonyl (C=S) groups is 1. The van der Waals surface area contributed by atoms with Crippen LogP contribution in [-0.4, -0.2) is 38.7 Å². The number of aromatic nitrogens is 2. The fourth-order valence-electron chi connectivity index (χ4n) is 3.92. The number of anilines is 1. The molecule has 0 spiro atoms. The zero-order valence-corrected chi connectivity index (χ0v) is 18.1. The molecule has 1 amide bonds. The number of nitrogen functional groups attached to an aromatic ring is 1. The molecule has 0 saturated carbocycles. The van der Waals surface area contributed by atoms with Gasteiger partial charge < -0.3 is 21.1 Å². The van der Waals surface area contributed by atoms with Crippen LogP contribution in [0.25, 0.3) is 11.3 Å². The SMILES string of the molecule is CC(=O)N1CCCC(n2nc(-c3ccc(Oc4ccccc4)cc3)c(C(N)=S)c2N)C1. The van der Waals surface area contributed by atoms with Gasteiger partial charge in [-0.15, -0.1) is 0 Å². The van der Waals surface area contributed by atoms with Crippen molar-refractivity contribution in [2.24, 2.45) is 5.73 Å². The lowest BCUT2D eigenvalue weighted by molar-refractivity contribution is -0.130. The van der Waals surface area contributed by atoms with Crippen molar-refractivity contribution in [2.75, 3.05) is 18.8 Å². The number of nitrogens with zero attached hydrogens (tertiary/aromatic N) is 3. The molecular formula is C23H25N5O2S. The van der Waals surface area contributed by atoms with Gasteiger partial charge in [0.2, 0.25) is 5.91 Å². The molecule has 0 bridgehead atoms. The van der Waals surface area contributed by atoms with Gasteiger partial charge in [0.05, 0.1) is 11.6 Å². The quantitative estimate of drug-likeness (QED) is 0.592. The number of carbonyl (C=O) groups is 1. The number of carbonyl (C=O) groups excluding carboxylic acids is 1. The largest absolute Gasteiger partial charge is 0.457 e. The summed E-state index contributed by atoms with van der Waals surface area (Å²) in [7, 11) is 0. The number of piperidine rings is 1. The first-order chi connectivity index (χ1) is 14.9. The highest BCUT2D eigenvalue weighted by atomic mass is 32.1. The molecule has 3 aromatic rings. The van der Waals surface area contributed by atoms with Crippen LogP contribution in [0.3, 0.4) is 0 Å². The number of ether oxygens (including phenoxy) is 1. The van der Waals surface area contributed by atoms with Gasteiger partial charge in [-0.1, -0.05) is 30.4 Å². The summed E-state index contributed by atoms with van der Waals surface area (Å²) in [6.07, 6.45) is 1.78. The van der Waals surface area contributed by atoms with E-state index in [0.29, 0.717) is 29.4 Å². The van der Waals surface area contributed by atoms with Crippen LogP contribution in [0.1, 0.15) is 31.4 Å². The molecule has 1 aliphatic heterocycles. The van der Waals surface area contributed by atoms with Crippen molar-refractivity contribution < 1.29 is 9.53 Å². The molecule has 160 valence electrons. The molecule has 1 unspecified atom stereocenters. The van der Waals surface area contributed by atoms with Gasteiger partial charge in [0.15, 0.2) is 0 Å². The maximum absolute atomic E-state index is 11.8. The molecule has 2 heterocycles. The van der Waals surface area contributed by atoms with E-state index in [1.807, 2.05) is 59.5 Å². The van der Waals surface area contributed by atoms with Crippen molar-refractivity contribution in [1.82, 2.24) is 14.7 Å². The molecule has 1 aliphatic rings. The van der Waals surface area contributed by atoms with Crippen LogP contribution in [0.2, 0.25) is 0 Å². The zero-order valence-electron chi connectivity index (χ0n) is 17.3. The number of hydrogen-bond donors (Lipinski definition) is 2. The molecule has 1 aromatic heterocycles. The van der Waals surface area contributed by atoms with Gasteiger partial charge in [0.25, 0.3) is 0 Å². The smallest absolute Gasteiger partial charge is 0.219 e. The van der Waals surface area contributed by atoms with Crippen LogP contribution in [0.5, 0.6) is 11.5 Å². The molecular weight excluding hydrogens is 410 g/mol. The minimum atomic E-state index is -0.0137. The fourth-order valence-corrected chi connectivity index (χ4v) is 4.12. The number of benzene rings is 2. The van der Waals surface area contributed by atoms with E-state index in [9.17, 15) is 4.79 Å². The van der Waals surface area contributed by atoms with Gasteiger partial charge in [-0.25, -0.2) is 4.68 Å². The van der Waals surface area contributed by atoms with Crippen molar-refractivity contribution in [1.29, 1.82) is 0 Å². The third-order valence-electron chi connectivity index (χ3n) is 5.49. The summed E-state index contributed by atoms with van der Waals surface area (Å²) in [5.41, 5.74) is 14.5. The van der Waals surface area contributed by atoms with E-state index in [4.69, 9.17) is 33.5 Å². The van der Waals surface area contributed by atoms with Gasteiger partial charge in [-0.3, -0.25) is 4.79 Å². The second-order valence-corrected chi connectivity index (χ2v) is 8.06. The predicted octanol–water partition coefficient (Wildman–Crippen LogP) is 3.74. The number of rotatable bonds is 5. The van der Waals surface area contributed by atoms with Crippen LogP contribution < -0.4 is 16.2 Å². The van der Waals surface area contributed by atoms with E-state index < -0.39 is 0 Å². The first-order valence-corrected chi connectivity index (χ1v) is 10.6.